The molecular weight excluding hydrogens is 246 g/mol. The molecule has 0 saturated carbocycles. The zero-order valence-electron chi connectivity index (χ0n) is 13.1. The van der Waals surface area contributed by atoms with E-state index in [0.717, 1.165) is 24.2 Å². The molecule has 0 aromatic carbocycles. The van der Waals surface area contributed by atoms with Gasteiger partial charge in [-0.1, -0.05) is 13.3 Å². The molecule has 4 heterocycles. The quantitative estimate of drug-likeness (QED) is 0.766. The first-order valence-corrected chi connectivity index (χ1v) is 9.10. The first-order valence-electron chi connectivity index (χ1n) is 9.10. The number of rotatable bonds is 2. The van der Waals surface area contributed by atoms with Crippen LogP contribution in [-0.4, -0.2) is 71.6 Å². The second kappa shape index (κ2) is 5.58. The summed E-state index contributed by atoms with van der Waals surface area (Å²) in [5, 5.41) is 0. The van der Waals surface area contributed by atoms with Gasteiger partial charge in [0.2, 0.25) is 0 Å². The van der Waals surface area contributed by atoms with Crippen molar-refractivity contribution in [3.8, 4) is 0 Å². The van der Waals surface area contributed by atoms with Crippen LogP contribution in [0.25, 0.3) is 0 Å². The van der Waals surface area contributed by atoms with Crippen LogP contribution in [0.4, 0.5) is 0 Å². The van der Waals surface area contributed by atoms with Crippen LogP contribution in [0, 0.1) is 0 Å². The highest BCUT2D eigenvalue weighted by molar-refractivity contribution is 5.01. The minimum Gasteiger partial charge on any atom is -0.299 e. The molecular formula is C17H31N3. The van der Waals surface area contributed by atoms with Crippen molar-refractivity contribution >= 4 is 0 Å². The highest BCUT2D eigenvalue weighted by atomic mass is 15.4. The van der Waals surface area contributed by atoms with E-state index in [0.29, 0.717) is 0 Å². The monoisotopic (exact) mass is 277 g/mol. The number of piperazine rings is 1. The molecule has 0 bridgehead atoms. The maximum Gasteiger partial charge on any atom is 0.0267 e. The van der Waals surface area contributed by atoms with E-state index in [-0.39, 0.29) is 0 Å². The second-order valence-corrected chi connectivity index (χ2v) is 7.50. The fourth-order valence-electron chi connectivity index (χ4n) is 5.49. The highest BCUT2D eigenvalue weighted by Gasteiger charge is 2.45. The Morgan fingerprint density at radius 1 is 0.800 bits per heavy atom. The van der Waals surface area contributed by atoms with Crippen molar-refractivity contribution in [2.24, 2.45) is 0 Å². The van der Waals surface area contributed by atoms with E-state index in [9.17, 15) is 0 Å². The summed E-state index contributed by atoms with van der Waals surface area (Å²) in [4.78, 5) is 8.56. The Labute approximate surface area is 124 Å². The summed E-state index contributed by atoms with van der Waals surface area (Å²) in [5.41, 5.74) is 0. The van der Waals surface area contributed by atoms with Gasteiger partial charge in [-0.15, -0.1) is 0 Å². The van der Waals surface area contributed by atoms with Gasteiger partial charge >= 0.3 is 0 Å². The van der Waals surface area contributed by atoms with Crippen LogP contribution in [0.1, 0.15) is 51.9 Å². The van der Waals surface area contributed by atoms with E-state index < -0.39 is 0 Å². The van der Waals surface area contributed by atoms with Gasteiger partial charge in [0.25, 0.3) is 0 Å². The smallest absolute Gasteiger partial charge is 0.0267 e. The molecule has 0 aromatic rings. The second-order valence-electron chi connectivity index (χ2n) is 7.50. The number of hydrogen-bond acceptors (Lipinski definition) is 3. The summed E-state index contributed by atoms with van der Waals surface area (Å²) < 4.78 is 0. The van der Waals surface area contributed by atoms with Gasteiger partial charge in [-0.2, -0.15) is 0 Å². The molecule has 4 atom stereocenters. The maximum atomic E-state index is 2.96. The van der Waals surface area contributed by atoms with Crippen molar-refractivity contribution in [1.82, 2.24) is 14.7 Å². The summed E-state index contributed by atoms with van der Waals surface area (Å²) in [6, 6.07) is 3.49. The molecule has 0 radical (unpaired) electrons. The molecule has 0 spiro atoms. The van der Waals surface area contributed by atoms with Gasteiger partial charge in [0.1, 0.15) is 0 Å². The standard InChI is InChI=1S/C17H31N3/c1-2-14-12-19-9-4-3-6-15(19)13-20(14)17-8-11-18-10-5-7-16(17)18/h14-17H,2-13H2,1H3. The molecule has 0 aromatic heterocycles. The average molecular weight is 277 g/mol. The van der Waals surface area contributed by atoms with Crippen LogP contribution in [-0.2, 0) is 0 Å². The van der Waals surface area contributed by atoms with E-state index in [2.05, 4.69) is 21.6 Å². The molecule has 4 aliphatic heterocycles. The summed E-state index contributed by atoms with van der Waals surface area (Å²) in [6.45, 7) is 9.24. The Morgan fingerprint density at radius 2 is 1.70 bits per heavy atom. The minimum absolute atomic E-state index is 0.829. The van der Waals surface area contributed by atoms with Gasteiger partial charge in [-0.05, 0) is 51.6 Å². The van der Waals surface area contributed by atoms with E-state index in [1.807, 2.05) is 0 Å². The normalized spacial score (nSPS) is 43.6. The Morgan fingerprint density at radius 3 is 2.60 bits per heavy atom. The molecule has 4 rings (SSSR count). The number of fused-ring (bicyclic) bond motifs is 2. The van der Waals surface area contributed by atoms with E-state index >= 15 is 0 Å². The predicted octanol–water partition coefficient (Wildman–Crippen LogP) is 2.17. The van der Waals surface area contributed by atoms with Crippen LogP contribution in [0.3, 0.4) is 0 Å². The van der Waals surface area contributed by atoms with Gasteiger partial charge in [0, 0.05) is 43.8 Å². The lowest BCUT2D eigenvalue weighted by molar-refractivity contribution is -0.0208. The third kappa shape index (κ3) is 2.22. The Kier molecular flexibility index (Phi) is 3.78. The Bertz CT molecular complexity index is 345. The molecule has 0 N–H and O–H groups in total. The number of piperidine rings is 1. The molecule has 3 nitrogen and oxygen atoms in total. The summed E-state index contributed by atoms with van der Waals surface area (Å²) in [6.07, 6.45) is 10.0. The van der Waals surface area contributed by atoms with Crippen molar-refractivity contribution in [2.75, 3.05) is 32.7 Å². The number of hydrogen-bond donors (Lipinski definition) is 0. The molecule has 20 heavy (non-hydrogen) atoms. The molecule has 0 amide bonds. The SMILES string of the molecule is CCC1CN2CCCCC2CN1C1CCN2CCCC12. The van der Waals surface area contributed by atoms with E-state index in [1.165, 1.54) is 77.7 Å². The van der Waals surface area contributed by atoms with E-state index in [1.54, 1.807) is 0 Å². The first-order chi connectivity index (χ1) is 9.86. The molecule has 4 aliphatic rings. The number of nitrogens with zero attached hydrogens (tertiary/aromatic N) is 3. The third-order valence-corrected chi connectivity index (χ3v) is 6.55. The fraction of sp³-hybridized carbons (Fsp3) is 1.00. The predicted molar refractivity (Wildman–Crippen MR) is 83.0 cm³/mol. The van der Waals surface area contributed by atoms with Crippen molar-refractivity contribution < 1.29 is 0 Å². The summed E-state index contributed by atoms with van der Waals surface area (Å²) in [7, 11) is 0. The van der Waals surface area contributed by atoms with Gasteiger partial charge in [-0.3, -0.25) is 14.7 Å². The van der Waals surface area contributed by atoms with Crippen molar-refractivity contribution in [1.29, 1.82) is 0 Å². The van der Waals surface area contributed by atoms with E-state index in [4.69, 9.17) is 0 Å². The van der Waals surface area contributed by atoms with Crippen LogP contribution < -0.4 is 0 Å². The zero-order chi connectivity index (χ0) is 13.5. The van der Waals surface area contributed by atoms with Gasteiger partial charge in [0.15, 0.2) is 0 Å². The average Bonchev–Trinajstić information content (AvgIpc) is 3.08. The lowest BCUT2D eigenvalue weighted by Crippen LogP contribution is -2.63. The lowest BCUT2D eigenvalue weighted by atomic mass is 9.92. The first kappa shape index (κ1) is 13.5. The largest absolute Gasteiger partial charge is 0.299 e. The van der Waals surface area contributed by atoms with Gasteiger partial charge < -0.3 is 0 Å². The fourth-order valence-corrected chi connectivity index (χ4v) is 5.49. The van der Waals surface area contributed by atoms with Crippen LogP contribution in [0.15, 0.2) is 0 Å². The summed E-state index contributed by atoms with van der Waals surface area (Å²) >= 11 is 0. The van der Waals surface area contributed by atoms with Crippen molar-refractivity contribution in [3.05, 3.63) is 0 Å². The van der Waals surface area contributed by atoms with Crippen LogP contribution >= 0.6 is 0 Å². The molecule has 114 valence electrons. The molecule has 3 heteroatoms. The topological polar surface area (TPSA) is 9.72 Å². The highest BCUT2D eigenvalue weighted by Crippen LogP contribution is 2.35. The minimum atomic E-state index is 0.829. The molecule has 4 unspecified atom stereocenters. The van der Waals surface area contributed by atoms with Gasteiger partial charge in [-0.25, -0.2) is 0 Å². The van der Waals surface area contributed by atoms with Crippen LogP contribution in [0.2, 0.25) is 0 Å². The molecule has 4 fully saturated rings. The molecule has 4 saturated heterocycles. The maximum absolute atomic E-state index is 2.96. The molecule has 0 aliphatic carbocycles. The van der Waals surface area contributed by atoms with Crippen LogP contribution in [0.5, 0.6) is 0 Å². The Balaban J connectivity index is 1.50. The Hall–Kier alpha value is -0.120. The van der Waals surface area contributed by atoms with Gasteiger partial charge in [0.05, 0.1) is 0 Å². The van der Waals surface area contributed by atoms with Crippen molar-refractivity contribution in [2.45, 2.75) is 76.0 Å². The lowest BCUT2D eigenvalue weighted by Gasteiger charge is -2.51. The zero-order valence-corrected chi connectivity index (χ0v) is 13.1. The van der Waals surface area contributed by atoms with Crippen molar-refractivity contribution in [3.63, 3.8) is 0 Å². The summed E-state index contributed by atoms with van der Waals surface area (Å²) in [5.74, 6) is 0. The third-order valence-electron chi connectivity index (χ3n) is 6.55.